The average Bonchev–Trinajstić information content (AvgIpc) is 2.54. The summed E-state index contributed by atoms with van der Waals surface area (Å²) in [6, 6.07) is 6.20. The molecule has 1 aliphatic heterocycles. The summed E-state index contributed by atoms with van der Waals surface area (Å²) in [6.07, 6.45) is 3.63. The molecule has 0 bridgehead atoms. The van der Waals surface area contributed by atoms with Crippen LogP contribution in [-0.4, -0.2) is 39.3 Å². The number of methoxy groups -OCH3 is 1. The number of rotatable bonds is 7. The molecule has 0 unspecified atom stereocenters. The van der Waals surface area contributed by atoms with Gasteiger partial charge in [0.15, 0.2) is 0 Å². The van der Waals surface area contributed by atoms with Crippen LogP contribution >= 0.6 is 0 Å². The van der Waals surface area contributed by atoms with Crippen molar-refractivity contribution < 1.29 is 9.53 Å². The lowest BCUT2D eigenvalue weighted by atomic mass is 9.98. The minimum absolute atomic E-state index is 0.0507. The smallest absolute Gasteiger partial charge is 0.220 e. The first-order valence-corrected chi connectivity index (χ1v) is 8.49. The number of hydrogen-bond acceptors (Lipinski definition) is 4. The van der Waals surface area contributed by atoms with E-state index in [1.165, 1.54) is 12.8 Å². The lowest BCUT2D eigenvalue weighted by Gasteiger charge is -2.33. The minimum atomic E-state index is 0.0507. The lowest BCUT2D eigenvalue weighted by molar-refractivity contribution is -0.121. The Hall–Kier alpha value is -1.75. The van der Waals surface area contributed by atoms with Crippen molar-refractivity contribution in [2.24, 2.45) is 5.92 Å². The summed E-state index contributed by atoms with van der Waals surface area (Å²) in [4.78, 5) is 14.1. The molecule has 5 heteroatoms. The molecule has 0 aromatic heterocycles. The number of nitrogens with one attached hydrogen (secondary N) is 1. The number of nitrogens with two attached hydrogens (primary N) is 1. The summed E-state index contributed by atoms with van der Waals surface area (Å²) >= 11 is 0. The van der Waals surface area contributed by atoms with Crippen LogP contribution in [-0.2, 0) is 16.0 Å². The summed E-state index contributed by atoms with van der Waals surface area (Å²) in [5.74, 6) is 0.859. The van der Waals surface area contributed by atoms with Gasteiger partial charge in [0.05, 0.1) is 18.0 Å². The zero-order chi connectivity index (χ0) is 16.7. The predicted molar refractivity (Wildman–Crippen MR) is 94.7 cm³/mol. The molecule has 1 saturated heterocycles. The fraction of sp³-hybridized carbons (Fsp3) is 0.611. The highest BCUT2D eigenvalue weighted by atomic mass is 16.5. The van der Waals surface area contributed by atoms with Crippen molar-refractivity contribution in [1.82, 2.24) is 5.32 Å². The summed E-state index contributed by atoms with van der Waals surface area (Å²) in [5, 5.41) is 2.83. The molecule has 2 rings (SSSR count). The van der Waals surface area contributed by atoms with Gasteiger partial charge in [-0.2, -0.15) is 0 Å². The Balaban J connectivity index is 1.85. The van der Waals surface area contributed by atoms with Crippen LogP contribution in [0.25, 0.3) is 0 Å². The van der Waals surface area contributed by atoms with Crippen molar-refractivity contribution in [1.29, 1.82) is 0 Å². The van der Waals surface area contributed by atoms with Crippen LogP contribution in [0.3, 0.4) is 0 Å². The van der Waals surface area contributed by atoms with Crippen LogP contribution in [0.15, 0.2) is 18.2 Å². The van der Waals surface area contributed by atoms with E-state index in [4.69, 9.17) is 10.5 Å². The Morgan fingerprint density at radius 3 is 2.78 bits per heavy atom. The largest absolute Gasteiger partial charge is 0.397 e. The lowest BCUT2D eigenvalue weighted by Crippen LogP contribution is -2.33. The molecule has 5 nitrogen and oxygen atoms in total. The van der Waals surface area contributed by atoms with Gasteiger partial charge < -0.3 is 20.7 Å². The first kappa shape index (κ1) is 17.6. The monoisotopic (exact) mass is 319 g/mol. The molecule has 1 aromatic carbocycles. The van der Waals surface area contributed by atoms with Gasteiger partial charge in [0.1, 0.15) is 0 Å². The number of hydrogen-bond donors (Lipinski definition) is 2. The van der Waals surface area contributed by atoms with E-state index in [9.17, 15) is 4.79 Å². The Morgan fingerprint density at radius 2 is 2.13 bits per heavy atom. The molecule has 23 heavy (non-hydrogen) atoms. The highest BCUT2D eigenvalue weighted by molar-refractivity contribution is 5.76. The van der Waals surface area contributed by atoms with Gasteiger partial charge >= 0.3 is 0 Å². The second-order valence-corrected chi connectivity index (χ2v) is 6.41. The van der Waals surface area contributed by atoms with Gasteiger partial charge in [-0.3, -0.25) is 4.79 Å². The molecule has 0 aliphatic carbocycles. The van der Waals surface area contributed by atoms with Crippen molar-refractivity contribution in [2.75, 3.05) is 44.0 Å². The van der Waals surface area contributed by atoms with Crippen molar-refractivity contribution in [3.63, 3.8) is 0 Å². The molecule has 128 valence electrons. The molecule has 1 aliphatic rings. The van der Waals surface area contributed by atoms with E-state index in [0.717, 1.165) is 35.9 Å². The molecule has 0 radical (unpaired) electrons. The fourth-order valence-corrected chi connectivity index (χ4v) is 2.94. The molecule has 3 N–H and O–H groups in total. The number of carbonyl (C=O) groups excluding carboxylic acids is 1. The van der Waals surface area contributed by atoms with E-state index < -0.39 is 0 Å². The summed E-state index contributed by atoms with van der Waals surface area (Å²) < 4.78 is 4.91. The van der Waals surface area contributed by atoms with Gasteiger partial charge in [-0.1, -0.05) is 13.0 Å². The van der Waals surface area contributed by atoms with Gasteiger partial charge in [0.2, 0.25) is 5.91 Å². The van der Waals surface area contributed by atoms with Crippen molar-refractivity contribution >= 4 is 17.3 Å². The van der Waals surface area contributed by atoms with Gasteiger partial charge in [0.25, 0.3) is 0 Å². The van der Waals surface area contributed by atoms with Gasteiger partial charge in [0, 0.05) is 33.2 Å². The highest BCUT2D eigenvalue weighted by Crippen LogP contribution is 2.29. The van der Waals surface area contributed by atoms with Crippen molar-refractivity contribution in [3.8, 4) is 0 Å². The SMILES string of the molecule is COCCNC(=O)CCc1ccc(N2CCC(C)CC2)c(N)c1. The number of anilines is 2. The number of amides is 1. The molecule has 1 fully saturated rings. The number of ether oxygens (including phenoxy) is 1. The third-order valence-corrected chi connectivity index (χ3v) is 4.49. The minimum Gasteiger partial charge on any atom is -0.397 e. The Morgan fingerprint density at radius 1 is 1.39 bits per heavy atom. The van der Waals surface area contributed by atoms with Gasteiger partial charge in [-0.05, 0) is 42.9 Å². The van der Waals surface area contributed by atoms with Crippen molar-refractivity contribution in [3.05, 3.63) is 23.8 Å². The average molecular weight is 319 g/mol. The van der Waals surface area contributed by atoms with Crippen LogP contribution in [0.1, 0.15) is 31.7 Å². The summed E-state index contributed by atoms with van der Waals surface area (Å²) in [5.41, 5.74) is 9.29. The highest BCUT2D eigenvalue weighted by Gasteiger charge is 2.17. The molecule has 0 atom stereocenters. The first-order valence-electron chi connectivity index (χ1n) is 8.49. The topological polar surface area (TPSA) is 67.6 Å². The molecule has 1 heterocycles. The second kappa shape index (κ2) is 8.77. The zero-order valence-electron chi connectivity index (χ0n) is 14.3. The summed E-state index contributed by atoms with van der Waals surface area (Å²) in [6.45, 7) is 5.56. The Kier molecular flexibility index (Phi) is 6.71. The van der Waals surface area contributed by atoms with Crippen LogP contribution < -0.4 is 16.0 Å². The first-order chi connectivity index (χ1) is 11.1. The fourth-order valence-electron chi connectivity index (χ4n) is 2.94. The van der Waals surface area contributed by atoms with Gasteiger partial charge in [-0.25, -0.2) is 0 Å². The van der Waals surface area contributed by atoms with E-state index in [0.29, 0.717) is 26.0 Å². The van der Waals surface area contributed by atoms with Crippen molar-refractivity contribution in [2.45, 2.75) is 32.6 Å². The maximum Gasteiger partial charge on any atom is 0.220 e. The third-order valence-electron chi connectivity index (χ3n) is 4.49. The molecular formula is C18H29N3O2. The summed E-state index contributed by atoms with van der Waals surface area (Å²) in [7, 11) is 1.62. The number of benzene rings is 1. The molecule has 0 spiro atoms. The van der Waals surface area contributed by atoms with Gasteiger partial charge in [-0.15, -0.1) is 0 Å². The maximum atomic E-state index is 11.7. The van der Waals surface area contributed by atoms with E-state index in [1.54, 1.807) is 7.11 Å². The maximum absolute atomic E-state index is 11.7. The normalized spacial score (nSPS) is 15.7. The van der Waals surface area contributed by atoms with E-state index >= 15 is 0 Å². The Labute approximate surface area is 139 Å². The van der Waals surface area contributed by atoms with Crippen LogP contribution in [0.4, 0.5) is 11.4 Å². The zero-order valence-corrected chi connectivity index (χ0v) is 14.3. The molecule has 0 saturated carbocycles. The van der Waals surface area contributed by atoms with E-state index in [1.807, 2.05) is 6.07 Å². The van der Waals surface area contributed by atoms with E-state index in [-0.39, 0.29) is 5.91 Å². The van der Waals surface area contributed by atoms with Crippen LogP contribution in [0, 0.1) is 5.92 Å². The number of carbonyl (C=O) groups is 1. The second-order valence-electron chi connectivity index (χ2n) is 6.41. The number of piperidine rings is 1. The molecular weight excluding hydrogens is 290 g/mol. The third kappa shape index (κ3) is 5.43. The van der Waals surface area contributed by atoms with E-state index in [2.05, 4.69) is 29.3 Å². The number of aryl methyl sites for hydroxylation is 1. The number of nitrogens with zero attached hydrogens (tertiary/aromatic N) is 1. The predicted octanol–water partition coefficient (Wildman–Crippen LogP) is 2.20. The standard InChI is InChI=1S/C18H29N3O2/c1-14-7-10-21(11-8-14)17-5-3-15(13-16(17)19)4-6-18(22)20-9-12-23-2/h3,5,13-14H,4,6-12,19H2,1-2H3,(H,20,22). The molecule has 1 amide bonds. The number of nitrogen functional groups attached to an aromatic ring is 1. The Bertz CT molecular complexity index is 511. The van der Waals surface area contributed by atoms with Crippen LogP contribution in [0.5, 0.6) is 0 Å². The van der Waals surface area contributed by atoms with Crippen LogP contribution in [0.2, 0.25) is 0 Å². The quantitative estimate of drug-likeness (QED) is 0.597. The molecule has 1 aromatic rings.